The summed E-state index contributed by atoms with van der Waals surface area (Å²) < 4.78 is 0.838. The van der Waals surface area contributed by atoms with Crippen molar-refractivity contribution in [2.24, 2.45) is 0 Å². The molecular formula is C10H7ClINO. The van der Waals surface area contributed by atoms with Crippen LogP contribution in [0.25, 0.3) is 0 Å². The molecule has 2 nitrogen and oxygen atoms in total. The first-order valence-electron chi connectivity index (χ1n) is 3.89. The van der Waals surface area contributed by atoms with Crippen molar-refractivity contribution in [2.45, 2.75) is 6.92 Å². The van der Waals surface area contributed by atoms with E-state index in [0.29, 0.717) is 11.1 Å². The number of Topliss-reactive ketones (excluding diaryl/α,β-unsaturated/α-hetero) is 1. The summed E-state index contributed by atoms with van der Waals surface area (Å²) in [5.74, 6) is -0.197. The number of alkyl halides is 1. The van der Waals surface area contributed by atoms with Crippen LogP contribution in [0.5, 0.6) is 0 Å². The average Bonchev–Trinajstić information content (AvgIpc) is 2.17. The number of carbonyl (C=O) groups is 1. The zero-order valence-electron chi connectivity index (χ0n) is 7.47. The molecular weight excluding hydrogens is 312 g/mol. The summed E-state index contributed by atoms with van der Waals surface area (Å²) in [4.78, 5) is 11.4. The second-order valence-corrected chi connectivity index (χ2v) is 4.25. The number of hydrogen-bond acceptors (Lipinski definition) is 2. The number of benzene rings is 1. The molecule has 0 amide bonds. The Morgan fingerprint density at radius 3 is 2.79 bits per heavy atom. The summed E-state index contributed by atoms with van der Waals surface area (Å²) in [6.07, 6.45) is 0. The standard InChI is InChI=1S/C10H7ClINO/c1-6-2-9(12)8(10(14)4-11)3-7(6)5-13/h2-3H,4H2,1H3. The fourth-order valence-electron chi connectivity index (χ4n) is 1.08. The Morgan fingerprint density at radius 1 is 1.64 bits per heavy atom. The molecule has 0 spiro atoms. The molecule has 0 radical (unpaired) electrons. The van der Waals surface area contributed by atoms with E-state index in [1.807, 2.05) is 19.1 Å². The molecule has 1 aromatic carbocycles. The van der Waals surface area contributed by atoms with Gasteiger partial charge in [0.1, 0.15) is 0 Å². The Morgan fingerprint density at radius 2 is 2.29 bits per heavy atom. The third-order valence-corrected chi connectivity index (χ3v) is 2.99. The molecule has 14 heavy (non-hydrogen) atoms. The van der Waals surface area contributed by atoms with Crippen LogP contribution in [0.15, 0.2) is 12.1 Å². The van der Waals surface area contributed by atoms with Crippen LogP contribution < -0.4 is 0 Å². The van der Waals surface area contributed by atoms with E-state index < -0.39 is 0 Å². The fourth-order valence-corrected chi connectivity index (χ4v) is 2.15. The maximum absolute atomic E-state index is 11.4. The molecule has 0 heterocycles. The van der Waals surface area contributed by atoms with Gasteiger partial charge < -0.3 is 0 Å². The Balaban J connectivity index is 3.33. The van der Waals surface area contributed by atoms with Gasteiger partial charge in [0.15, 0.2) is 5.78 Å². The van der Waals surface area contributed by atoms with Crippen molar-refractivity contribution in [1.82, 2.24) is 0 Å². The highest BCUT2D eigenvalue weighted by atomic mass is 127. The molecule has 0 unspecified atom stereocenters. The van der Waals surface area contributed by atoms with Crippen LogP contribution in [0, 0.1) is 21.8 Å². The maximum Gasteiger partial charge on any atom is 0.178 e. The fraction of sp³-hybridized carbons (Fsp3) is 0.200. The second-order valence-electron chi connectivity index (χ2n) is 2.82. The van der Waals surface area contributed by atoms with Crippen molar-refractivity contribution in [3.8, 4) is 6.07 Å². The largest absolute Gasteiger partial charge is 0.293 e. The summed E-state index contributed by atoms with van der Waals surface area (Å²) in [6, 6.07) is 5.46. The van der Waals surface area contributed by atoms with Crippen LogP contribution in [0.3, 0.4) is 0 Å². The highest BCUT2D eigenvalue weighted by Crippen LogP contribution is 2.18. The Bertz CT molecular complexity index is 423. The number of nitriles is 1. The third kappa shape index (κ3) is 2.25. The first-order chi connectivity index (χ1) is 6.60. The van der Waals surface area contributed by atoms with Gasteiger partial charge in [-0.15, -0.1) is 11.6 Å². The van der Waals surface area contributed by atoms with Crippen molar-refractivity contribution in [3.63, 3.8) is 0 Å². The lowest BCUT2D eigenvalue weighted by molar-refractivity contribution is 0.102. The number of aryl methyl sites for hydroxylation is 1. The normalized spacial score (nSPS) is 9.57. The van der Waals surface area contributed by atoms with Gasteiger partial charge in [-0.3, -0.25) is 4.79 Å². The minimum absolute atomic E-state index is 0.0517. The lowest BCUT2D eigenvalue weighted by atomic mass is 10.0. The lowest BCUT2D eigenvalue weighted by Crippen LogP contribution is -2.04. The van der Waals surface area contributed by atoms with Gasteiger partial charge in [-0.05, 0) is 47.2 Å². The van der Waals surface area contributed by atoms with Gasteiger partial charge >= 0.3 is 0 Å². The molecule has 0 N–H and O–H groups in total. The molecule has 1 aromatic rings. The molecule has 0 aliphatic rings. The van der Waals surface area contributed by atoms with Crippen molar-refractivity contribution in [2.75, 3.05) is 5.88 Å². The van der Waals surface area contributed by atoms with Crippen LogP contribution >= 0.6 is 34.2 Å². The van der Waals surface area contributed by atoms with E-state index in [2.05, 4.69) is 22.6 Å². The maximum atomic E-state index is 11.4. The molecule has 0 bridgehead atoms. The molecule has 0 aliphatic heterocycles. The minimum Gasteiger partial charge on any atom is -0.293 e. The van der Waals surface area contributed by atoms with E-state index >= 15 is 0 Å². The molecule has 72 valence electrons. The molecule has 1 rings (SSSR count). The second kappa shape index (κ2) is 4.76. The molecule has 4 heteroatoms. The Hall–Kier alpha value is -0.600. The quantitative estimate of drug-likeness (QED) is 0.478. The minimum atomic E-state index is -0.146. The van der Waals surface area contributed by atoms with Gasteiger partial charge in [0.25, 0.3) is 0 Å². The van der Waals surface area contributed by atoms with Gasteiger partial charge in [-0.1, -0.05) is 0 Å². The van der Waals surface area contributed by atoms with Crippen LogP contribution in [-0.2, 0) is 0 Å². The van der Waals surface area contributed by atoms with E-state index in [-0.39, 0.29) is 11.7 Å². The van der Waals surface area contributed by atoms with E-state index in [9.17, 15) is 4.79 Å². The monoisotopic (exact) mass is 319 g/mol. The van der Waals surface area contributed by atoms with Crippen LogP contribution in [0.4, 0.5) is 0 Å². The zero-order valence-corrected chi connectivity index (χ0v) is 10.4. The van der Waals surface area contributed by atoms with Crippen molar-refractivity contribution in [3.05, 3.63) is 32.4 Å². The highest BCUT2D eigenvalue weighted by Gasteiger charge is 2.11. The molecule has 0 saturated carbocycles. The topological polar surface area (TPSA) is 40.9 Å². The predicted octanol–water partition coefficient (Wildman–Crippen LogP) is 2.89. The van der Waals surface area contributed by atoms with Crippen LogP contribution in [0.1, 0.15) is 21.5 Å². The van der Waals surface area contributed by atoms with E-state index in [0.717, 1.165) is 9.13 Å². The van der Waals surface area contributed by atoms with E-state index in [4.69, 9.17) is 16.9 Å². The van der Waals surface area contributed by atoms with Gasteiger partial charge in [-0.25, -0.2) is 0 Å². The first kappa shape index (κ1) is 11.5. The van der Waals surface area contributed by atoms with Crippen LogP contribution in [-0.4, -0.2) is 11.7 Å². The zero-order chi connectivity index (χ0) is 10.7. The highest BCUT2D eigenvalue weighted by molar-refractivity contribution is 14.1. The Kier molecular flexibility index (Phi) is 3.90. The molecule has 0 atom stereocenters. The number of carbonyl (C=O) groups excluding carboxylic acids is 1. The smallest absolute Gasteiger partial charge is 0.178 e. The molecule has 0 aliphatic carbocycles. The number of hydrogen-bond donors (Lipinski definition) is 0. The van der Waals surface area contributed by atoms with Gasteiger partial charge in [0.2, 0.25) is 0 Å². The molecule has 0 aromatic heterocycles. The number of halogens is 2. The average molecular weight is 320 g/mol. The van der Waals surface area contributed by atoms with E-state index in [1.165, 1.54) is 0 Å². The van der Waals surface area contributed by atoms with Gasteiger partial charge in [0.05, 0.1) is 17.5 Å². The summed E-state index contributed by atoms with van der Waals surface area (Å²) in [6.45, 7) is 1.84. The Labute approximate surface area is 101 Å². The van der Waals surface area contributed by atoms with Crippen molar-refractivity contribution < 1.29 is 4.79 Å². The van der Waals surface area contributed by atoms with Crippen molar-refractivity contribution >= 4 is 40.0 Å². The SMILES string of the molecule is Cc1cc(I)c(C(=O)CCl)cc1C#N. The number of nitrogens with zero attached hydrogens (tertiary/aromatic N) is 1. The molecule has 0 fully saturated rings. The third-order valence-electron chi connectivity index (χ3n) is 1.86. The first-order valence-corrected chi connectivity index (χ1v) is 5.51. The molecule has 0 saturated heterocycles. The number of rotatable bonds is 2. The van der Waals surface area contributed by atoms with E-state index in [1.54, 1.807) is 6.07 Å². The van der Waals surface area contributed by atoms with Gasteiger partial charge in [-0.2, -0.15) is 5.26 Å². The summed E-state index contributed by atoms with van der Waals surface area (Å²) in [7, 11) is 0. The summed E-state index contributed by atoms with van der Waals surface area (Å²) in [5, 5.41) is 8.79. The summed E-state index contributed by atoms with van der Waals surface area (Å²) in [5.41, 5.74) is 1.93. The summed E-state index contributed by atoms with van der Waals surface area (Å²) >= 11 is 7.53. The van der Waals surface area contributed by atoms with Crippen LogP contribution in [0.2, 0.25) is 0 Å². The predicted molar refractivity (Wildman–Crippen MR) is 63.7 cm³/mol. The van der Waals surface area contributed by atoms with Gasteiger partial charge in [0, 0.05) is 9.13 Å². The number of ketones is 1. The lowest BCUT2D eigenvalue weighted by Gasteiger charge is -2.04. The van der Waals surface area contributed by atoms with Crippen molar-refractivity contribution in [1.29, 1.82) is 5.26 Å².